The number of aromatic nitrogens is 2. The highest BCUT2D eigenvalue weighted by molar-refractivity contribution is 8.77. The molecule has 0 bridgehead atoms. The Morgan fingerprint density at radius 2 is 1.91 bits per heavy atom. The lowest BCUT2D eigenvalue weighted by atomic mass is 9.85. The number of benzene rings is 1. The Morgan fingerprint density at radius 1 is 1.09 bits per heavy atom. The first kappa shape index (κ1) is 32.4. The largest absolute Gasteiger partial charge is 0.509 e. The van der Waals surface area contributed by atoms with Gasteiger partial charge < -0.3 is 23.7 Å². The van der Waals surface area contributed by atoms with Gasteiger partial charge >= 0.3 is 18.1 Å². The second-order valence-electron chi connectivity index (χ2n) is 11.4. The molecule has 46 heavy (non-hydrogen) atoms. The maximum absolute atomic E-state index is 13.8. The first-order valence-corrected chi connectivity index (χ1v) is 18.0. The number of ether oxygens (including phenoxy) is 5. The summed E-state index contributed by atoms with van der Waals surface area (Å²) in [5.74, 6) is 0.195. The molecule has 0 amide bonds. The van der Waals surface area contributed by atoms with E-state index in [1.54, 1.807) is 17.6 Å². The average molecular weight is 669 g/mol. The van der Waals surface area contributed by atoms with E-state index in [0.29, 0.717) is 35.0 Å². The number of hydrogen-bond acceptors (Lipinski definition) is 12. The van der Waals surface area contributed by atoms with Gasteiger partial charge in [-0.25, -0.2) is 9.59 Å². The van der Waals surface area contributed by atoms with Crippen LogP contribution in [-0.4, -0.2) is 65.1 Å². The summed E-state index contributed by atoms with van der Waals surface area (Å²) >= 11 is 0. The van der Waals surface area contributed by atoms with Gasteiger partial charge in [0.05, 0.1) is 35.7 Å². The molecule has 0 spiro atoms. The predicted octanol–water partition coefficient (Wildman–Crippen LogP) is 5.38. The van der Waals surface area contributed by atoms with E-state index in [0.717, 1.165) is 35.9 Å². The number of carbonyl (C=O) groups is 3. The fourth-order valence-electron chi connectivity index (χ4n) is 6.05. The monoisotopic (exact) mass is 668 g/mol. The maximum atomic E-state index is 13.8. The van der Waals surface area contributed by atoms with Crippen molar-refractivity contribution < 1.29 is 38.1 Å². The zero-order valence-electron chi connectivity index (χ0n) is 25.6. The molecule has 3 aromatic rings. The Morgan fingerprint density at radius 3 is 2.72 bits per heavy atom. The SMILES string of the molecule is CCC1(OC(=O)OCCOCCOC(=O)CCCCC2CCSS2)C(=O)OCc2c1cc1n(c2=O)-c2cc3ccccc3nc2C1. The van der Waals surface area contributed by atoms with E-state index in [-0.39, 0.29) is 56.5 Å². The predicted molar refractivity (Wildman–Crippen MR) is 173 cm³/mol. The minimum absolute atomic E-state index is 0.0341. The molecule has 2 unspecified atom stereocenters. The van der Waals surface area contributed by atoms with Gasteiger partial charge in [-0.05, 0) is 43.9 Å². The molecule has 0 radical (unpaired) electrons. The van der Waals surface area contributed by atoms with E-state index in [1.165, 1.54) is 12.2 Å². The van der Waals surface area contributed by atoms with Crippen LogP contribution in [0.2, 0.25) is 0 Å². The van der Waals surface area contributed by atoms with Crippen molar-refractivity contribution in [2.75, 3.05) is 32.2 Å². The summed E-state index contributed by atoms with van der Waals surface area (Å²) < 4.78 is 28.4. The van der Waals surface area contributed by atoms with Gasteiger partial charge in [0, 0.05) is 40.5 Å². The van der Waals surface area contributed by atoms with Crippen molar-refractivity contribution in [3.05, 3.63) is 69.3 Å². The van der Waals surface area contributed by atoms with Gasteiger partial charge in [-0.15, -0.1) is 0 Å². The molecule has 13 heteroatoms. The summed E-state index contributed by atoms with van der Waals surface area (Å²) in [7, 11) is 3.87. The zero-order valence-corrected chi connectivity index (χ0v) is 27.3. The Labute approximate surface area is 274 Å². The zero-order chi connectivity index (χ0) is 32.1. The van der Waals surface area contributed by atoms with Crippen molar-refractivity contribution >= 4 is 50.6 Å². The van der Waals surface area contributed by atoms with Crippen LogP contribution in [0.1, 0.15) is 68.0 Å². The molecule has 0 aliphatic carbocycles. The van der Waals surface area contributed by atoms with Crippen LogP contribution in [0.4, 0.5) is 4.79 Å². The molecule has 1 aromatic carbocycles. The van der Waals surface area contributed by atoms with Crippen molar-refractivity contribution in [2.45, 2.75) is 69.3 Å². The second-order valence-corrected chi connectivity index (χ2v) is 14.1. The maximum Gasteiger partial charge on any atom is 0.509 e. The van der Waals surface area contributed by atoms with Crippen molar-refractivity contribution in [2.24, 2.45) is 0 Å². The molecule has 0 saturated carbocycles. The number of para-hydroxylation sites is 1. The number of cyclic esters (lactones) is 1. The molecule has 2 atom stereocenters. The number of esters is 2. The molecule has 3 aliphatic rings. The van der Waals surface area contributed by atoms with Gasteiger partial charge in [0.2, 0.25) is 5.60 Å². The third kappa shape index (κ3) is 6.77. The standard InChI is InChI=1S/C33H36N2O9S2/c1-2-33(44-32(39)42-15-13-40-12-14-41-29(36)10-6-4-8-23-11-16-45-46-23)25-18-22-19-27-28(17-21-7-3-5-9-26(21)34-27)35(22)30(37)24(25)20-43-31(33)38/h3,5,7,9,17-18,23H,2,4,6,8,10-16,19-20H2,1H3. The van der Waals surface area contributed by atoms with E-state index in [1.807, 2.05) is 51.9 Å². The minimum Gasteiger partial charge on any atom is -0.463 e. The van der Waals surface area contributed by atoms with Crippen LogP contribution in [0.5, 0.6) is 0 Å². The van der Waals surface area contributed by atoms with Gasteiger partial charge in [-0.2, -0.15) is 0 Å². The van der Waals surface area contributed by atoms with E-state index >= 15 is 0 Å². The van der Waals surface area contributed by atoms with Crippen LogP contribution in [0.25, 0.3) is 16.6 Å². The Bertz CT molecular complexity index is 1690. The number of unbranched alkanes of at least 4 members (excludes halogenated alkanes) is 1. The summed E-state index contributed by atoms with van der Waals surface area (Å²) in [6, 6.07) is 11.3. The Balaban J connectivity index is 1.00. The number of carbonyl (C=O) groups excluding carboxylic acids is 3. The minimum atomic E-state index is -1.84. The molecule has 244 valence electrons. The molecule has 2 aromatic heterocycles. The fourth-order valence-corrected chi connectivity index (χ4v) is 9.08. The van der Waals surface area contributed by atoms with E-state index in [4.69, 9.17) is 28.7 Å². The quantitative estimate of drug-likeness (QED) is 0.0784. The smallest absolute Gasteiger partial charge is 0.463 e. The van der Waals surface area contributed by atoms with Crippen LogP contribution in [0.3, 0.4) is 0 Å². The first-order chi connectivity index (χ1) is 22.4. The topological polar surface area (TPSA) is 132 Å². The Kier molecular flexibility index (Phi) is 10.2. The molecule has 0 N–H and O–H groups in total. The molecular weight excluding hydrogens is 633 g/mol. The highest BCUT2D eigenvalue weighted by atomic mass is 33.1. The first-order valence-electron chi connectivity index (χ1n) is 15.6. The lowest BCUT2D eigenvalue weighted by Gasteiger charge is -2.35. The second kappa shape index (κ2) is 14.5. The van der Waals surface area contributed by atoms with Crippen LogP contribution in [-0.2, 0) is 51.9 Å². The van der Waals surface area contributed by atoms with Crippen LogP contribution >= 0.6 is 21.6 Å². The highest BCUT2D eigenvalue weighted by Crippen LogP contribution is 2.41. The van der Waals surface area contributed by atoms with Gasteiger partial charge in [0.25, 0.3) is 5.56 Å². The fraction of sp³-hybridized carbons (Fsp3) is 0.485. The van der Waals surface area contributed by atoms with Crippen LogP contribution < -0.4 is 5.56 Å². The normalized spacial score (nSPS) is 19.7. The summed E-state index contributed by atoms with van der Waals surface area (Å²) in [4.78, 5) is 56.4. The molecule has 6 rings (SSSR count). The van der Waals surface area contributed by atoms with Gasteiger partial charge in [-0.3, -0.25) is 19.1 Å². The Hall–Kier alpha value is -3.55. The summed E-state index contributed by atoms with van der Waals surface area (Å²) in [5.41, 5.74) is 1.25. The molecule has 3 aliphatic heterocycles. The number of nitrogens with zero attached hydrogens (tertiary/aromatic N) is 2. The van der Waals surface area contributed by atoms with Crippen LogP contribution in [0.15, 0.2) is 41.2 Å². The van der Waals surface area contributed by atoms with Gasteiger partial charge in [-0.1, -0.05) is 53.1 Å². The molecular formula is C33H36N2O9S2. The highest BCUT2D eigenvalue weighted by Gasteiger charge is 2.51. The summed E-state index contributed by atoms with van der Waals surface area (Å²) in [6.07, 6.45) is 3.92. The van der Waals surface area contributed by atoms with Gasteiger partial charge in [0.1, 0.15) is 19.8 Å². The average Bonchev–Trinajstić information content (AvgIpc) is 3.70. The van der Waals surface area contributed by atoms with Crippen molar-refractivity contribution in [1.82, 2.24) is 9.55 Å². The van der Waals surface area contributed by atoms with E-state index in [2.05, 4.69) is 0 Å². The van der Waals surface area contributed by atoms with Crippen molar-refractivity contribution in [1.29, 1.82) is 0 Å². The number of fused-ring (bicyclic) bond motifs is 5. The molecule has 1 fully saturated rings. The van der Waals surface area contributed by atoms with Gasteiger partial charge in [0.15, 0.2) is 0 Å². The molecule has 11 nitrogen and oxygen atoms in total. The van der Waals surface area contributed by atoms with E-state index in [9.17, 15) is 19.2 Å². The number of hydrogen-bond donors (Lipinski definition) is 0. The lowest BCUT2D eigenvalue weighted by Crippen LogP contribution is -2.47. The van der Waals surface area contributed by atoms with E-state index < -0.39 is 17.7 Å². The summed E-state index contributed by atoms with van der Waals surface area (Å²) in [5, 5.41) is 1.61. The third-order valence-corrected chi connectivity index (χ3v) is 11.5. The number of pyridine rings is 2. The molecule has 1 saturated heterocycles. The lowest BCUT2D eigenvalue weighted by molar-refractivity contribution is -0.175. The molecule has 5 heterocycles. The summed E-state index contributed by atoms with van der Waals surface area (Å²) in [6.45, 7) is 1.60. The number of rotatable bonds is 13. The third-order valence-electron chi connectivity index (χ3n) is 8.44. The van der Waals surface area contributed by atoms with Crippen molar-refractivity contribution in [3.8, 4) is 5.69 Å². The van der Waals surface area contributed by atoms with Crippen LogP contribution in [0, 0.1) is 0 Å². The van der Waals surface area contributed by atoms with Crippen molar-refractivity contribution in [3.63, 3.8) is 0 Å².